The first kappa shape index (κ1) is 19.3. The minimum absolute atomic E-state index is 0.176. The van der Waals surface area contributed by atoms with Crippen LogP contribution in [0.15, 0.2) is 35.8 Å². The lowest BCUT2D eigenvalue weighted by atomic mass is 10.2. The average Bonchev–Trinajstić information content (AvgIpc) is 3.21. The van der Waals surface area contributed by atoms with Gasteiger partial charge in [0.05, 0.1) is 0 Å². The second-order valence-corrected chi connectivity index (χ2v) is 7.93. The minimum atomic E-state index is -0.860. The maximum atomic E-state index is 12.4. The summed E-state index contributed by atoms with van der Waals surface area (Å²) < 4.78 is 0. The first-order valence-electron chi connectivity index (χ1n) is 7.69. The molecule has 1 aliphatic heterocycles. The summed E-state index contributed by atoms with van der Waals surface area (Å²) in [5.41, 5.74) is 0.496. The molecule has 140 valence electrons. The number of amides is 4. The topological polar surface area (TPSA) is 108 Å². The van der Waals surface area contributed by atoms with Crippen molar-refractivity contribution in [1.29, 1.82) is 0 Å². The number of imide groups is 1. The fraction of sp³-hybridized carbons (Fsp3) is 0.188. The van der Waals surface area contributed by atoms with Crippen molar-refractivity contribution in [1.82, 2.24) is 9.88 Å². The Balaban J connectivity index is 1.54. The van der Waals surface area contributed by atoms with E-state index in [0.717, 1.165) is 16.7 Å². The van der Waals surface area contributed by atoms with Crippen molar-refractivity contribution in [3.63, 3.8) is 0 Å². The molecule has 0 saturated carbocycles. The van der Waals surface area contributed by atoms with E-state index in [1.54, 1.807) is 35.8 Å². The molecule has 1 unspecified atom stereocenters. The Morgan fingerprint density at radius 1 is 1.15 bits per heavy atom. The molecule has 1 aromatic carbocycles. The molecule has 0 radical (unpaired) electrons. The van der Waals surface area contributed by atoms with Crippen LogP contribution in [0.5, 0.6) is 0 Å². The minimum Gasteiger partial charge on any atom is -0.325 e. The van der Waals surface area contributed by atoms with Gasteiger partial charge in [0, 0.05) is 28.7 Å². The number of nitrogens with zero attached hydrogens (tertiary/aromatic N) is 2. The van der Waals surface area contributed by atoms with Crippen LogP contribution < -0.4 is 10.6 Å². The number of rotatable bonds is 6. The van der Waals surface area contributed by atoms with Gasteiger partial charge >= 0.3 is 0 Å². The highest BCUT2D eigenvalue weighted by Gasteiger charge is 2.41. The molecule has 1 saturated heterocycles. The van der Waals surface area contributed by atoms with Crippen molar-refractivity contribution in [3.8, 4) is 0 Å². The second kappa shape index (κ2) is 8.51. The van der Waals surface area contributed by atoms with Crippen molar-refractivity contribution in [2.24, 2.45) is 0 Å². The number of benzene rings is 1. The summed E-state index contributed by atoms with van der Waals surface area (Å²) in [7, 11) is 0. The molecule has 3 rings (SSSR count). The third kappa shape index (κ3) is 5.06. The Labute approximate surface area is 167 Å². The molecule has 2 N–H and O–H groups in total. The highest BCUT2D eigenvalue weighted by molar-refractivity contribution is 8.15. The lowest BCUT2D eigenvalue weighted by molar-refractivity contribution is -0.131. The van der Waals surface area contributed by atoms with Crippen molar-refractivity contribution in [3.05, 3.63) is 40.9 Å². The van der Waals surface area contributed by atoms with Crippen LogP contribution >= 0.6 is 34.7 Å². The molecular formula is C16H13ClN4O4S2. The van der Waals surface area contributed by atoms with E-state index in [0.29, 0.717) is 15.8 Å². The fourth-order valence-corrected chi connectivity index (χ4v) is 3.93. The number of nitrogens with one attached hydrogen (secondary N) is 2. The van der Waals surface area contributed by atoms with Crippen LogP contribution in [-0.2, 0) is 14.4 Å². The maximum Gasteiger partial charge on any atom is 0.289 e. The highest BCUT2D eigenvalue weighted by Crippen LogP contribution is 2.29. The number of aromatic nitrogens is 1. The van der Waals surface area contributed by atoms with E-state index >= 15 is 0 Å². The summed E-state index contributed by atoms with van der Waals surface area (Å²) in [6.45, 7) is -0.419. The summed E-state index contributed by atoms with van der Waals surface area (Å²) in [5.74, 6) is -1.51. The third-order valence-electron chi connectivity index (χ3n) is 3.48. The number of hydrogen-bond donors (Lipinski definition) is 2. The maximum absolute atomic E-state index is 12.4. The first-order valence-corrected chi connectivity index (χ1v) is 9.83. The zero-order chi connectivity index (χ0) is 19.4. The van der Waals surface area contributed by atoms with Crippen LogP contribution in [0, 0.1) is 0 Å². The predicted octanol–water partition coefficient (Wildman–Crippen LogP) is 2.83. The Morgan fingerprint density at radius 2 is 1.89 bits per heavy atom. The van der Waals surface area contributed by atoms with E-state index in [-0.39, 0.29) is 6.42 Å². The van der Waals surface area contributed by atoms with E-state index in [1.807, 2.05) is 0 Å². The van der Waals surface area contributed by atoms with Crippen LogP contribution in [-0.4, -0.2) is 44.6 Å². The number of carbonyl (C=O) groups is 4. The quantitative estimate of drug-likeness (QED) is 0.738. The summed E-state index contributed by atoms with van der Waals surface area (Å²) in [5, 5.41) is 6.37. The Hall–Kier alpha value is -2.43. The first-order chi connectivity index (χ1) is 12.9. The van der Waals surface area contributed by atoms with Gasteiger partial charge in [-0.2, -0.15) is 0 Å². The molecule has 1 aliphatic rings. The number of thioether (sulfide) groups is 1. The van der Waals surface area contributed by atoms with Crippen molar-refractivity contribution < 1.29 is 19.2 Å². The highest BCUT2D eigenvalue weighted by atomic mass is 35.5. The lowest BCUT2D eigenvalue weighted by Crippen LogP contribution is -2.38. The Morgan fingerprint density at radius 3 is 2.56 bits per heavy atom. The third-order valence-corrected chi connectivity index (χ3v) is 5.50. The molecule has 11 heteroatoms. The van der Waals surface area contributed by atoms with E-state index < -0.39 is 34.8 Å². The van der Waals surface area contributed by atoms with Gasteiger partial charge in [0.1, 0.15) is 11.8 Å². The summed E-state index contributed by atoms with van der Waals surface area (Å²) in [6, 6.07) is 6.43. The van der Waals surface area contributed by atoms with Crippen molar-refractivity contribution in [2.75, 3.05) is 17.2 Å². The van der Waals surface area contributed by atoms with Crippen LogP contribution in [0.2, 0.25) is 5.02 Å². The molecule has 2 aromatic rings. The molecule has 27 heavy (non-hydrogen) atoms. The van der Waals surface area contributed by atoms with E-state index in [4.69, 9.17) is 11.6 Å². The van der Waals surface area contributed by atoms with Crippen LogP contribution in [0.1, 0.15) is 6.42 Å². The van der Waals surface area contributed by atoms with Crippen LogP contribution in [0.4, 0.5) is 15.6 Å². The smallest absolute Gasteiger partial charge is 0.289 e. The Bertz CT molecular complexity index is 873. The number of thiazole rings is 1. The SMILES string of the molecule is O=C(CN1C(=O)SC(CC(=O)Nc2nccs2)C1=O)Nc1ccc(Cl)cc1. The van der Waals surface area contributed by atoms with E-state index in [1.165, 1.54) is 11.3 Å². The van der Waals surface area contributed by atoms with E-state index in [2.05, 4.69) is 15.6 Å². The molecule has 0 bridgehead atoms. The van der Waals surface area contributed by atoms with Gasteiger partial charge < -0.3 is 10.6 Å². The monoisotopic (exact) mass is 424 g/mol. The number of hydrogen-bond acceptors (Lipinski definition) is 7. The Kier molecular flexibility index (Phi) is 6.09. The van der Waals surface area contributed by atoms with Gasteiger partial charge in [-0.05, 0) is 24.3 Å². The summed E-state index contributed by atoms with van der Waals surface area (Å²) >= 11 is 7.76. The zero-order valence-corrected chi connectivity index (χ0v) is 16.1. The summed E-state index contributed by atoms with van der Waals surface area (Å²) in [6.07, 6.45) is 1.37. The van der Waals surface area contributed by atoms with Crippen LogP contribution in [0.3, 0.4) is 0 Å². The van der Waals surface area contributed by atoms with Gasteiger partial charge in [-0.25, -0.2) is 4.98 Å². The second-order valence-electron chi connectivity index (χ2n) is 5.44. The van der Waals surface area contributed by atoms with Crippen molar-refractivity contribution >= 4 is 68.5 Å². The molecule has 1 fully saturated rings. The molecule has 1 atom stereocenters. The van der Waals surface area contributed by atoms with Gasteiger partial charge in [0.15, 0.2) is 5.13 Å². The molecule has 0 aliphatic carbocycles. The molecular weight excluding hydrogens is 412 g/mol. The van der Waals surface area contributed by atoms with Crippen LogP contribution in [0.25, 0.3) is 0 Å². The number of carbonyl (C=O) groups excluding carboxylic acids is 4. The molecule has 0 spiro atoms. The standard InChI is InChI=1S/C16H13ClN4O4S2/c17-9-1-3-10(4-2-9)19-13(23)8-21-14(24)11(27-16(21)25)7-12(22)20-15-18-5-6-26-15/h1-6,11H,7-8H2,(H,19,23)(H,18,20,22). The number of halogens is 1. The zero-order valence-electron chi connectivity index (χ0n) is 13.7. The van der Waals surface area contributed by atoms with E-state index in [9.17, 15) is 19.2 Å². The van der Waals surface area contributed by atoms with Gasteiger partial charge in [-0.1, -0.05) is 23.4 Å². The largest absolute Gasteiger partial charge is 0.325 e. The van der Waals surface area contributed by atoms with Gasteiger partial charge in [-0.15, -0.1) is 11.3 Å². The fourth-order valence-electron chi connectivity index (χ4n) is 2.27. The summed E-state index contributed by atoms with van der Waals surface area (Å²) in [4.78, 5) is 53.3. The molecule has 1 aromatic heterocycles. The van der Waals surface area contributed by atoms with Gasteiger partial charge in [0.25, 0.3) is 5.24 Å². The molecule has 2 heterocycles. The molecule has 4 amide bonds. The lowest BCUT2D eigenvalue weighted by Gasteiger charge is -2.13. The number of anilines is 2. The normalized spacial score (nSPS) is 16.5. The van der Waals surface area contributed by atoms with Crippen molar-refractivity contribution in [2.45, 2.75) is 11.7 Å². The van der Waals surface area contributed by atoms with Gasteiger partial charge in [0.2, 0.25) is 17.7 Å². The molecule has 8 nitrogen and oxygen atoms in total. The van der Waals surface area contributed by atoms with Gasteiger partial charge in [-0.3, -0.25) is 24.1 Å². The predicted molar refractivity (Wildman–Crippen MR) is 104 cm³/mol. The average molecular weight is 425 g/mol.